The van der Waals surface area contributed by atoms with Crippen LogP contribution in [-0.4, -0.2) is 18.3 Å². The lowest BCUT2D eigenvalue weighted by molar-refractivity contribution is 0.943. The molecule has 3 radical (unpaired) electrons. The van der Waals surface area contributed by atoms with Gasteiger partial charge in [0.1, 0.15) is 8.80 Å². The van der Waals surface area contributed by atoms with Crippen molar-refractivity contribution >= 4 is 55.3 Å². The van der Waals surface area contributed by atoms with Gasteiger partial charge in [-0.25, -0.2) is 0 Å². The summed E-state index contributed by atoms with van der Waals surface area (Å²) in [6, 6.07) is 42.8. The second-order valence-corrected chi connectivity index (χ2v) is 14.1. The monoisotopic (exact) mass is 447 g/mol. The quantitative estimate of drug-likeness (QED) is 0.322. The Morgan fingerprint density at radius 1 is 0.677 bits per heavy atom. The molecule has 5 aromatic rings. The summed E-state index contributed by atoms with van der Waals surface area (Å²) in [6.45, 7) is 2.50. The number of rotatable bonds is 6. The minimum atomic E-state index is -1.12. The van der Waals surface area contributed by atoms with Gasteiger partial charge in [0, 0.05) is 4.70 Å². The Labute approximate surface area is 192 Å². The first kappa shape index (κ1) is 20.2. The Kier molecular flexibility index (Phi) is 5.73. The fourth-order valence-corrected chi connectivity index (χ4v) is 11.1. The average molecular weight is 448 g/mol. The first-order valence-corrected chi connectivity index (χ1v) is 13.9. The lowest BCUT2D eigenvalue weighted by Gasteiger charge is -2.38. The van der Waals surface area contributed by atoms with Crippen molar-refractivity contribution < 1.29 is 0 Å². The van der Waals surface area contributed by atoms with Crippen molar-refractivity contribution in [3.63, 3.8) is 0 Å². The number of hydrogen-bond acceptors (Lipinski definition) is 1. The molecule has 0 aliphatic carbocycles. The summed E-state index contributed by atoms with van der Waals surface area (Å²) >= 11 is 1.82. The molecule has 4 aromatic carbocycles. The van der Waals surface area contributed by atoms with Gasteiger partial charge in [0.2, 0.25) is 0 Å². The highest BCUT2D eigenvalue weighted by Crippen LogP contribution is 2.31. The lowest BCUT2D eigenvalue weighted by atomic mass is 10.1. The van der Waals surface area contributed by atoms with Crippen LogP contribution in [0.25, 0.3) is 10.1 Å². The highest BCUT2D eigenvalue weighted by atomic mass is 32.1. The summed E-state index contributed by atoms with van der Waals surface area (Å²) in [4.78, 5) is 0. The Morgan fingerprint density at radius 3 is 1.87 bits per heavy atom. The van der Waals surface area contributed by atoms with Crippen LogP contribution >= 0.6 is 11.3 Å². The molecule has 1 unspecified atom stereocenters. The summed E-state index contributed by atoms with van der Waals surface area (Å²) < 4.78 is 1.38. The molecule has 3 heteroatoms. The average Bonchev–Trinajstić information content (AvgIpc) is 3.29. The van der Waals surface area contributed by atoms with E-state index in [0.717, 1.165) is 0 Å². The number of fused-ring (bicyclic) bond motifs is 1. The van der Waals surface area contributed by atoms with Crippen LogP contribution < -0.4 is 15.6 Å². The van der Waals surface area contributed by atoms with Crippen LogP contribution in [0.3, 0.4) is 0 Å². The third kappa shape index (κ3) is 4.09. The summed E-state index contributed by atoms with van der Waals surface area (Å²) in [5.74, 6) is 0. The number of benzene rings is 4. The van der Waals surface area contributed by atoms with Crippen LogP contribution in [0, 0.1) is 0 Å². The molecular formula is C28H23SSi2. The van der Waals surface area contributed by atoms with Gasteiger partial charge in [-0.1, -0.05) is 126 Å². The van der Waals surface area contributed by atoms with E-state index in [1.165, 1.54) is 31.2 Å². The van der Waals surface area contributed by atoms with E-state index < -0.39 is 8.80 Å². The molecule has 5 rings (SSSR count). The molecule has 0 amide bonds. The molecule has 0 nitrogen and oxygen atoms in total. The summed E-state index contributed by atoms with van der Waals surface area (Å²) in [7, 11) is -0.435. The van der Waals surface area contributed by atoms with Crippen molar-refractivity contribution in [2.24, 2.45) is 0 Å². The van der Waals surface area contributed by atoms with E-state index in [0.29, 0.717) is 9.52 Å². The van der Waals surface area contributed by atoms with E-state index in [4.69, 9.17) is 0 Å². The van der Waals surface area contributed by atoms with Gasteiger partial charge in [-0.2, -0.15) is 0 Å². The van der Waals surface area contributed by atoms with Crippen LogP contribution in [0.2, 0.25) is 0 Å². The largest absolute Gasteiger partial charge is 0.144 e. The Bertz CT molecular complexity index is 1230. The maximum absolute atomic E-state index is 2.50. The Morgan fingerprint density at radius 2 is 1.26 bits per heavy atom. The maximum Gasteiger partial charge on any atom is 0.129 e. The molecule has 0 saturated heterocycles. The molecule has 1 heterocycles. The zero-order chi connectivity index (χ0) is 21.1. The van der Waals surface area contributed by atoms with Crippen LogP contribution in [0.15, 0.2) is 121 Å². The second kappa shape index (κ2) is 8.79. The molecule has 31 heavy (non-hydrogen) atoms. The molecule has 0 saturated carbocycles. The maximum atomic E-state index is 2.50. The normalized spacial score (nSPS) is 13.4. The molecule has 0 N–H and O–H groups in total. The molecule has 0 aliphatic rings. The smallest absolute Gasteiger partial charge is 0.129 e. The summed E-state index contributed by atoms with van der Waals surface area (Å²) in [5, 5.41) is 7.91. The van der Waals surface area contributed by atoms with Gasteiger partial charge in [-0.15, -0.1) is 11.3 Å². The van der Waals surface area contributed by atoms with E-state index in [9.17, 15) is 0 Å². The molecule has 0 aliphatic heterocycles. The van der Waals surface area contributed by atoms with Crippen LogP contribution in [-0.2, 0) is 4.66 Å². The molecule has 1 atom stereocenters. The van der Waals surface area contributed by atoms with Crippen LogP contribution in [0.1, 0.15) is 12.5 Å². The van der Waals surface area contributed by atoms with Gasteiger partial charge in [0.05, 0.1) is 9.52 Å². The minimum Gasteiger partial charge on any atom is -0.144 e. The third-order valence-electron chi connectivity index (χ3n) is 5.82. The molecule has 0 spiro atoms. The summed E-state index contributed by atoms with van der Waals surface area (Å²) in [5.41, 5.74) is 1.45. The summed E-state index contributed by atoms with van der Waals surface area (Å²) in [6.07, 6.45) is 0. The topological polar surface area (TPSA) is 0 Å². The van der Waals surface area contributed by atoms with Crippen molar-refractivity contribution in [3.8, 4) is 0 Å². The number of hydrogen-bond donors (Lipinski definition) is 0. The predicted octanol–water partition coefficient (Wildman–Crippen LogP) is 4.99. The molecular weight excluding hydrogens is 425 g/mol. The van der Waals surface area contributed by atoms with Crippen LogP contribution in [0.5, 0.6) is 0 Å². The highest BCUT2D eigenvalue weighted by Gasteiger charge is 2.40. The Balaban J connectivity index is 1.74. The molecule has 149 valence electrons. The fourth-order valence-electron chi connectivity index (χ4n) is 4.32. The first-order valence-electron chi connectivity index (χ1n) is 10.5. The molecule has 0 fully saturated rings. The zero-order valence-corrected chi connectivity index (χ0v) is 20.3. The minimum absolute atomic E-state index is 0.0187. The van der Waals surface area contributed by atoms with Crippen molar-refractivity contribution in [2.45, 2.75) is 11.6 Å². The predicted molar refractivity (Wildman–Crippen MR) is 139 cm³/mol. The van der Waals surface area contributed by atoms with Crippen LogP contribution in [0.4, 0.5) is 0 Å². The fraction of sp³-hybridized carbons (Fsp3) is 0.0714. The standard InChI is InChI=1S/C28H23SSi2/c1-28(30-24-11-5-2-6-12-24,23-17-18-27-22(21-23)19-20-29-27)31(25-13-7-3-8-14-25)26-15-9-4-10-16-26/h2-21H,1H3. The highest BCUT2D eigenvalue weighted by molar-refractivity contribution is 7.17. The van der Waals surface area contributed by atoms with E-state index in [-0.39, 0.29) is 4.66 Å². The van der Waals surface area contributed by atoms with Gasteiger partial charge in [-0.3, -0.25) is 0 Å². The van der Waals surface area contributed by atoms with Crippen molar-refractivity contribution in [3.05, 3.63) is 126 Å². The second-order valence-electron chi connectivity index (χ2n) is 7.90. The van der Waals surface area contributed by atoms with Gasteiger partial charge >= 0.3 is 0 Å². The van der Waals surface area contributed by atoms with Gasteiger partial charge in [0.25, 0.3) is 0 Å². The van der Waals surface area contributed by atoms with Crippen molar-refractivity contribution in [2.75, 3.05) is 0 Å². The van der Waals surface area contributed by atoms with Gasteiger partial charge < -0.3 is 0 Å². The van der Waals surface area contributed by atoms with Gasteiger partial charge in [-0.05, 0) is 33.1 Å². The zero-order valence-electron chi connectivity index (χ0n) is 17.5. The molecule has 1 aromatic heterocycles. The lowest BCUT2D eigenvalue weighted by Crippen LogP contribution is -2.61. The third-order valence-corrected chi connectivity index (χ3v) is 12.4. The van der Waals surface area contributed by atoms with E-state index >= 15 is 0 Å². The number of thiophene rings is 1. The van der Waals surface area contributed by atoms with Crippen molar-refractivity contribution in [1.29, 1.82) is 0 Å². The van der Waals surface area contributed by atoms with Gasteiger partial charge in [0.15, 0.2) is 0 Å². The van der Waals surface area contributed by atoms with E-state index in [1.807, 2.05) is 11.3 Å². The Hall–Kier alpha value is -2.73. The van der Waals surface area contributed by atoms with Crippen molar-refractivity contribution in [1.82, 2.24) is 0 Å². The van der Waals surface area contributed by atoms with E-state index in [2.05, 4.69) is 128 Å². The first-order chi connectivity index (χ1) is 15.2. The molecule has 0 bridgehead atoms. The van der Waals surface area contributed by atoms with E-state index in [1.54, 1.807) is 0 Å². The SMILES string of the molecule is CC([Si]c1ccccc1)(c1ccc2sccc2c1)[Si](c1ccccc1)c1ccccc1.